The average Bonchev–Trinajstić information content (AvgIpc) is 2.42. The molecule has 0 fully saturated rings. The van der Waals surface area contributed by atoms with Gasteiger partial charge < -0.3 is 0 Å². The molecule has 1 heterocycles. The van der Waals surface area contributed by atoms with Gasteiger partial charge in [-0.15, -0.1) is 0 Å². The first-order valence-electron chi connectivity index (χ1n) is 6.00. The van der Waals surface area contributed by atoms with Crippen LogP contribution in [0, 0.1) is 11.6 Å². The van der Waals surface area contributed by atoms with Gasteiger partial charge in [0.25, 0.3) is 0 Å². The molecule has 3 N–H and O–H groups in total. The molecule has 2 aromatic rings. The number of nitrogens with one attached hydrogen (secondary N) is 1. The van der Waals surface area contributed by atoms with Crippen molar-refractivity contribution in [2.45, 2.75) is 18.9 Å². The number of halogens is 2. The van der Waals surface area contributed by atoms with Gasteiger partial charge in [0.1, 0.15) is 11.6 Å². The lowest BCUT2D eigenvalue weighted by molar-refractivity contribution is 0.480. The lowest BCUT2D eigenvalue weighted by atomic mass is 9.99. The van der Waals surface area contributed by atoms with Gasteiger partial charge in [0.15, 0.2) is 0 Å². The lowest BCUT2D eigenvalue weighted by Gasteiger charge is -2.17. The normalized spacial score (nSPS) is 12.4. The van der Waals surface area contributed by atoms with Gasteiger partial charge in [-0.25, -0.2) is 8.78 Å². The second-order valence-electron chi connectivity index (χ2n) is 4.28. The van der Waals surface area contributed by atoms with Crippen LogP contribution in [0.3, 0.4) is 0 Å². The maximum atomic E-state index is 13.7. The fourth-order valence-corrected chi connectivity index (χ4v) is 1.97. The molecule has 0 spiro atoms. The summed E-state index contributed by atoms with van der Waals surface area (Å²) in [6, 6.07) is 6.96. The van der Waals surface area contributed by atoms with E-state index >= 15 is 0 Å². The molecule has 19 heavy (non-hydrogen) atoms. The topological polar surface area (TPSA) is 50.9 Å². The molecule has 1 aromatic carbocycles. The van der Waals surface area contributed by atoms with E-state index in [1.54, 1.807) is 12.4 Å². The van der Waals surface area contributed by atoms with Gasteiger partial charge in [-0.05, 0) is 36.6 Å². The zero-order valence-electron chi connectivity index (χ0n) is 10.3. The highest BCUT2D eigenvalue weighted by molar-refractivity contribution is 5.22. The maximum Gasteiger partial charge on any atom is 0.130 e. The summed E-state index contributed by atoms with van der Waals surface area (Å²) < 4.78 is 26.5. The summed E-state index contributed by atoms with van der Waals surface area (Å²) in [6.07, 6.45) is 4.76. The summed E-state index contributed by atoms with van der Waals surface area (Å²) >= 11 is 0. The van der Waals surface area contributed by atoms with E-state index in [0.29, 0.717) is 12.0 Å². The number of nitrogens with zero attached hydrogens (tertiary/aromatic N) is 1. The van der Waals surface area contributed by atoms with Crippen molar-refractivity contribution < 1.29 is 8.78 Å². The zero-order valence-corrected chi connectivity index (χ0v) is 10.3. The lowest BCUT2D eigenvalue weighted by Crippen LogP contribution is -2.29. The van der Waals surface area contributed by atoms with Crippen LogP contribution in [0.25, 0.3) is 0 Å². The Labute approximate surface area is 110 Å². The molecule has 1 aromatic heterocycles. The smallest absolute Gasteiger partial charge is 0.130 e. The predicted molar refractivity (Wildman–Crippen MR) is 69.0 cm³/mol. The Morgan fingerprint density at radius 1 is 1.16 bits per heavy atom. The maximum absolute atomic E-state index is 13.7. The standard InChI is InChI=1S/C14H15F2N3/c15-11-2-3-12(13(16)9-11)14(19-17)4-1-10-5-7-18-8-6-10/h2-3,5-9,14,19H,1,4,17H2. The van der Waals surface area contributed by atoms with E-state index in [9.17, 15) is 8.78 Å². The first-order valence-corrected chi connectivity index (χ1v) is 6.00. The summed E-state index contributed by atoms with van der Waals surface area (Å²) in [7, 11) is 0. The highest BCUT2D eigenvalue weighted by atomic mass is 19.1. The third kappa shape index (κ3) is 3.56. The minimum absolute atomic E-state index is 0.353. The van der Waals surface area contributed by atoms with Crippen molar-refractivity contribution in [3.63, 3.8) is 0 Å². The minimum atomic E-state index is -0.592. The van der Waals surface area contributed by atoms with Crippen LogP contribution in [-0.4, -0.2) is 4.98 Å². The van der Waals surface area contributed by atoms with E-state index in [1.807, 2.05) is 12.1 Å². The van der Waals surface area contributed by atoms with E-state index in [0.717, 1.165) is 18.1 Å². The monoisotopic (exact) mass is 263 g/mol. The van der Waals surface area contributed by atoms with Crippen LogP contribution < -0.4 is 11.3 Å². The number of nitrogens with two attached hydrogens (primary N) is 1. The largest absolute Gasteiger partial charge is 0.271 e. The molecule has 1 unspecified atom stereocenters. The molecule has 3 nitrogen and oxygen atoms in total. The van der Waals surface area contributed by atoms with Crippen molar-refractivity contribution >= 4 is 0 Å². The van der Waals surface area contributed by atoms with E-state index < -0.39 is 11.6 Å². The number of hydrogen-bond acceptors (Lipinski definition) is 3. The highest BCUT2D eigenvalue weighted by Crippen LogP contribution is 2.22. The average molecular weight is 263 g/mol. The molecule has 0 aliphatic rings. The van der Waals surface area contributed by atoms with E-state index in [1.165, 1.54) is 12.1 Å². The predicted octanol–water partition coefficient (Wildman–Crippen LogP) is 2.50. The number of pyridine rings is 1. The fourth-order valence-electron chi connectivity index (χ4n) is 1.97. The third-order valence-corrected chi connectivity index (χ3v) is 3.01. The SMILES string of the molecule is NNC(CCc1ccncc1)c1ccc(F)cc1F. The molecule has 0 saturated heterocycles. The summed E-state index contributed by atoms with van der Waals surface area (Å²) in [4.78, 5) is 3.93. The summed E-state index contributed by atoms with van der Waals surface area (Å²) in [5, 5.41) is 0. The van der Waals surface area contributed by atoms with Crippen LogP contribution in [0.15, 0.2) is 42.7 Å². The molecule has 0 radical (unpaired) electrons. The Bertz CT molecular complexity index is 531. The number of benzene rings is 1. The van der Waals surface area contributed by atoms with Gasteiger partial charge in [-0.1, -0.05) is 6.07 Å². The van der Waals surface area contributed by atoms with Crippen LogP contribution in [0.4, 0.5) is 8.78 Å². The van der Waals surface area contributed by atoms with Crippen LogP contribution in [0.1, 0.15) is 23.6 Å². The Morgan fingerprint density at radius 3 is 2.53 bits per heavy atom. The molecule has 0 amide bonds. The second-order valence-corrected chi connectivity index (χ2v) is 4.28. The molecule has 100 valence electrons. The molecule has 5 heteroatoms. The number of rotatable bonds is 5. The van der Waals surface area contributed by atoms with Crippen LogP contribution in [0.5, 0.6) is 0 Å². The van der Waals surface area contributed by atoms with E-state index in [4.69, 9.17) is 5.84 Å². The number of hydrazine groups is 1. The van der Waals surface area contributed by atoms with Gasteiger partial charge in [0, 0.05) is 30.1 Å². The summed E-state index contributed by atoms with van der Waals surface area (Å²) in [5.41, 5.74) is 4.04. The van der Waals surface area contributed by atoms with Gasteiger partial charge in [0.2, 0.25) is 0 Å². The molecule has 2 rings (SSSR count). The highest BCUT2D eigenvalue weighted by Gasteiger charge is 2.14. The molecule has 0 saturated carbocycles. The third-order valence-electron chi connectivity index (χ3n) is 3.01. The van der Waals surface area contributed by atoms with Crippen molar-refractivity contribution in [2.24, 2.45) is 5.84 Å². The van der Waals surface area contributed by atoms with Crippen molar-refractivity contribution in [3.05, 3.63) is 65.5 Å². The van der Waals surface area contributed by atoms with Gasteiger partial charge >= 0.3 is 0 Å². The molecular weight excluding hydrogens is 248 g/mol. The summed E-state index contributed by atoms with van der Waals surface area (Å²) in [6.45, 7) is 0. The first kappa shape index (κ1) is 13.6. The van der Waals surface area contributed by atoms with E-state index in [2.05, 4.69) is 10.4 Å². The second kappa shape index (κ2) is 6.36. The van der Waals surface area contributed by atoms with Gasteiger partial charge in [0.05, 0.1) is 0 Å². The quantitative estimate of drug-likeness (QED) is 0.643. The van der Waals surface area contributed by atoms with Gasteiger partial charge in [-0.2, -0.15) is 0 Å². The molecular formula is C14H15F2N3. The fraction of sp³-hybridized carbons (Fsp3) is 0.214. The number of aryl methyl sites for hydroxylation is 1. The number of hydrogen-bond donors (Lipinski definition) is 2. The van der Waals surface area contributed by atoms with Gasteiger partial charge in [-0.3, -0.25) is 16.3 Å². The minimum Gasteiger partial charge on any atom is -0.271 e. The molecule has 0 aliphatic heterocycles. The van der Waals surface area contributed by atoms with Crippen LogP contribution in [0.2, 0.25) is 0 Å². The first-order chi connectivity index (χ1) is 9.20. The van der Waals surface area contributed by atoms with Crippen LogP contribution >= 0.6 is 0 Å². The molecule has 1 atom stereocenters. The van der Waals surface area contributed by atoms with E-state index in [-0.39, 0.29) is 6.04 Å². The van der Waals surface area contributed by atoms with Crippen molar-refractivity contribution in [3.8, 4) is 0 Å². The Hall–Kier alpha value is -1.85. The van der Waals surface area contributed by atoms with Crippen molar-refractivity contribution in [2.75, 3.05) is 0 Å². The Kier molecular flexibility index (Phi) is 4.54. The molecule has 0 aliphatic carbocycles. The van der Waals surface area contributed by atoms with Crippen LogP contribution in [-0.2, 0) is 6.42 Å². The molecule has 0 bridgehead atoms. The number of aromatic nitrogens is 1. The Morgan fingerprint density at radius 2 is 1.89 bits per heavy atom. The summed E-state index contributed by atoms with van der Waals surface area (Å²) in [5.74, 6) is 4.28. The zero-order chi connectivity index (χ0) is 13.7. The van der Waals surface area contributed by atoms with Crippen molar-refractivity contribution in [1.82, 2.24) is 10.4 Å². The Balaban J connectivity index is 2.08. The van der Waals surface area contributed by atoms with Crippen molar-refractivity contribution in [1.29, 1.82) is 0 Å².